The first-order valence-corrected chi connectivity index (χ1v) is 7.44. The van der Waals surface area contributed by atoms with Crippen molar-refractivity contribution in [3.8, 4) is 0 Å². The van der Waals surface area contributed by atoms with E-state index in [0.29, 0.717) is 0 Å². The summed E-state index contributed by atoms with van der Waals surface area (Å²) in [5.74, 6) is 0.0581. The second-order valence-corrected chi connectivity index (χ2v) is 5.54. The standard InChI is InChI=1S/C18H20N2O/c1-13(14-7-3-2-4-8-14)19-17-12-11-15-9-5-6-10-16(15)20-18(17)21/h2-10,13,17,19H,11-12H2,1H3,(H,20,21)/t13-,17?/m1/s1. The fourth-order valence-electron chi connectivity index (χ4n) is 2.81. The van der Waals surface area contributed by atoms with Crippen molar-refractivity contribution in [1.29, 1.82) is 0 Å². The van der Waals surface area contributed by atoms with Crippen molar-refractivity contribution in [1.82, 2.24) is 5.32 Å². The molecule has 21 heavy (non-hydrogen) atoms. The van der Waals surface area contributed by atoms with Crippen LogP contribution in [-0.2, 0) is 11.2 Å². The van der Waals surface area contributed by atoms with Gasteiger partial charge in [0.05, 0.1) is 6.04 Å². The highest BCUT2D eigenvalue weighted by Gasteiger charge is 2.24. The lowest BCUT2D eigenvalue weighted by Crippen LogP contribution is -2.41. The van der Waals surface area contributed by atoms with Crippen LogP contribution in [-0.4, -0.2) is 11.9 Å². The molecule has 1 aliphatic rings. The topological polar surface area (TPSA) is 41.1 Å². The molecule has 2 N–H and O–H groups in total. The molecule has 0 radical (unpaired) electrons. The first-order chi connectivity index (χ1) is 10.2. The fourth-order valence-corrected chi connectivity index (χ4v) is 2.81. The molecule has 3 nitrogen and oxygen atoms in total. The smallest absolute Gasteiger partial charge is 0.241 e. The Morgan fingerprint density at radius 2 is 1.81 bits per heavy atom. The minimum Gasteiger partial charge on any atom is -0.324 e. The summed E-state index contributed by atoms with van der Waals surface area (Å²) in [6.45, 7) is 2.10. The molecule has 0 aromatic heterocycles. The second-order valence-electron chi connectivity index (χ2n) is 5.54. The van der Waals surface area contributed by atoms with Gasteiger partial charge in [-0.1, -0.05) is 48.5 Å². The molecule has 0 fully saturated rings. The highest BCUT2D eigenvalue weighted by atomic mass is 16.2. The SMILES string of the molecule is C[C@@H](NC1CCc2ccccc2NC1=O)c1ccccc1. The highest BCUT2D eigenvalue weighted by Crippen LogP contribution is 2.23. The second kappa shape index (κ2) is 6.10. The van der Waals surface area contributed by atoms with Crippen molar-refractivity contribution in [3.05, 3.63) is 65.7 Å². The predicted octanol–water partition coefficient (Wildman–Crippen LogP) is 3.29. The molecular weight excluding hydrogens is 260 g/mol. The number of hydrogen-bond donors (Lipinski definition) is 2. The van der Waals surface area contributed by atoms with Gasteiger partial charge in [0, 0.05) is 11.7 Å². The average molecular weight is 280 g/mol. The van der Waals surface area contributed by atoms with Gasteiger partial charge in [-0.2, -0.15) is 0 Å². The maximum atomic E-state index is 12.4. The normalized spacial score (nSPS) is 19.3. The van der Waals surface area contributed by atoms with E-state index in [2.05, 4.69) is 35.8 Å². The molecule has 0 bridgehead atoms. The van der Waals surface area contributed by atoms with Gasteiger partial charge in [-0.25, -0.2) is 0 Å². The van der Waals surface area contributed by atoms with E-state index in [9.17, 15) is 4.79 Å². The maximum absolute atomic E-state index is 12.4. The quantitative estimate of drug-likeness (QED) is 0.906. The van der Waals surface area contributed by atoms with E-state index in [0.717, 1.165) is 18.5 Å². The summed E-state index contributed by atoms with van der Waals surface area (Å²) in [6.07, 6.45) is 1.73. The lowest BCUT2D eigenvalue weighted by Gasteiger charge is -2.21. The number of aryl methyl sites for hydroxylation is 1. The van der Waals surface area contributed by atoms with E-state index < -0.39 is 0 Å². The number of nitrogens with one attached hydrogen (secondary N) is 2. The van der Waals surface area contributed by atoms with Crippen molar-refractivity contribution in [3.63, 3.8) is 0 Å². The zero-order chi connectivity index (χ0) is 14.7. The molecule has 2 atom stereocenters. The fraction of sp³-hybridized carbons (Fsp3) is 0.278. The molecule has 1 heterocycles. The Hall–Kier alpha value is -2.13. The Labute approximate surface area is 125 Å². The van der Waals surface area contributed by atoms with E-state index in [1.807, 2.05) is 36.4 Å². The van der Waals surface area contributed by atoms with Gasteiger partial charge in [-0.15, -0.1) is 0 Å². The molecule has 1 unspecified atom stereocenters. The van der Waals surface area contributed by atoms with E-state index in [1.165, 1.54) is 11.1 Å². The van der Waals surface area contributed by atoms with Crippen molar-refractivity contribution >= 4 is 11.6 Å². The Morgan fingerprint density at radius 1 is 1.10 bits per heavy atom. The maximum Gasteiger partial charge on any atom is 0.241 e. The molecule has 0 saturated carbocycles. The van der Waals surface area contributed by atoms with Crippen molar-refractivity contribution in [2.75, 3.05) is 5.32 Å². The number of carbonyl (C=O) groups excluding carboxylic acids is 1. The number of hydrogen-bond acceptors (Lipinski definition) is 2. The van der Waals surface area contributed by atoms with Crippen LogP contribution in [0.1, 0.15) is 30.5 Å². The van der Waals surface area contributed by atoms with Crippen LogP contribution in [0, 0.1) is 0 Å². The third-order valence-corrected chi connectivity index (χ3v) is 4.04. The third-order valence-electron chi connectivity index (χ3n) is 4.04. The molecule has 0 saturated heterocycles. The zero-order valence-corrected chi connectivity index (χ0v) is 12.2. The molecular formula is C18H20N2O. The Kier molecular flexibility index (Phi) is 4.02. The monoisotopic (exact) mass is 280 g/mol. The van der Waals surface area contributed by atoms with Crippen LogP contribution in [0.4, 0.5) is 5.69 Å². The largest absolute Gasteiger partial charge is 0.324 e. The molecule has 3 heteroatoms. The van der Waals surface area contributed by atoms with Crippen molar-refractivity contribution < 1.29 is 4.79 Å². The van der Waals surface area contributed by atoms with Crippen LogP contribution in [0.5, 0.6) is 0 Å². The van der Waals surface area contributed by atoms with Crippen LogP contribution < -0.4 is 10.6 Å². The summed E-state index contributed by atoms with van der Waals surface area (Å²) < 4.78 is 0. The van der Waals surface area contributed by atoms with Gasteiger partial charge in [0.2, 0.25) is 5.91 Å². The number of fused-ring (bicyclic) bond motifs is 1. The highest BCUT2D eigenvalue weighted by molar-refractivity contribution is 5.96. The van der Waals surface area contributed by atoms with Crippen LogP contribution in [0.2, 0.25) is 0 Å². The van der Waals surface area contributed by atoms with Crippen LogP contribution in [0.3, 0.4) is 0 Å². The number of amides is 1. The Morgan fingerprint density at radius 3 is 2.62 bits per heavy atom. The lowest BCUT2D eigenvalue weighted by atomic mass is 10.0. The molecule has 1 amide bonds. The van der Waals surface area contributed by atoms with Gasteiger partial charge >= 0.3 is 0 Å². The minimum absolute atomic E-state index is 0.0581. The van der Waals surface area contributed by atoms with E-state index >= 15 is 0 Å². The number of rotatable bonds is 3. The molecule has 3 rings (SSSR count). The first kappa shape index (κ1) is 13.8. The van der Waals surface area contributed by atoms with Crippen LogP contribution in [0.25, 0.3) is 0 Å². The molecule has 108 valence electrons. The molecule has 2 aromatic carbocycles. The summed E-state index contributed by atoms with van der Waals surface area (Å²) in [5, 5.41) is 6.48. The lowest BCUT2D eigenvalue weighted by molar-refractivity contribution is -0.118. The first-order valence-electron chi connectivity index (χ1n) is 7.44. The van der Waals surface area contributed by atoms with E-state index in [4.69, 9.17) is 0 Å². The number of para-hydroxylation sites is 1. The number of benzene rings is 2. The van der Waals surface area contributed by atoms with Gasteiger partial charge in [-0.3, -0.25) is 10.1 Å². The van der Waals surface area contributed by atoms with Crippen LogP contribution >= 0.6 is 0 Å². The van der Waals surface area contributed by atoms with Crippen molar-refractivity contribution in [2.24, 2.45) is 0 Å². The van der Waals surface area contributed by atoms with E-state index in [-0.39, 0.29) is 18.0 Å². The van der Waals surface area contributed by atoms with Crippen LogP contribution in [0.15, 0.2) is 54.6 Å². The number of anilines is 1. The summed E-state index contributed by atoms with van der Waals surface area (Å²) in [7, 11) is 0. The molecule has 0 aliphatic carbocycles. The third kappa shape index (κ3) is 3.14. The van der Waals surface area contributed by atoms with Crippen molar-refractivity contribution in [2.45, 2.75) is 31.8 Å². The molecule has 0 spiro atoms. The van der Waals surface area contributed by atoms with Gasteiger partial charge in [-0.05, 0) is 37.0 Å². The van der Waals surface area contributed by atoms with Gasteiger partial charge in [0.1, 0.15) is 0 Å². The minimum atomic E-state index is -0.160. The summed E-state index contributed by atoms with van der Waals surface area (Å²) in [4.78, 5) is 12.4. The average Bonchev–Trinajstić information content (AvgIpc) is 2.67. The van der Waals surface area contributed by atoms with E-state index in [1.54, 1.807) is 0 Å². The molecule has 1 aliphatic heterocycles. The van der Waals surface area contributed by atoms with Gasteiger partial charge in [0.25, 0.3) is 0 Å². The summed E-state index contributed by atoms with van der Waals surface area (Å²) in [6, 6.07) is 18.2. The Bertz CT molecular complexity index is 624. The number of carbonyl (C=O) groups is 1. The zero-order valence-electron chi connectivity index (χ0n) is 12.2. The Balaban J connectivity index is 1.71. The van der Waals surface area contributed by atoms with Gasteiger partial charge in [0.15, 0.2) is 0 Å². The van der Waals surface area contributed by atoms with Gasteiger partial charge < -0.3 is 5.32 Å². The summed E-state index contributed by atoms with van der Waals surface area (Å²) in [5.41, 5.74) is 3.36. The predicted molar refractivity (Wildman–Crippen MR) is 85.2 cm³/mol. The molecule has 2 aromatic rings. The summed E-state index contributed by atoms with van der Waals surface area (Å²) >= 11 is 0.